The number of carbonyl (C=O) groups excluding carboxylic acids is 1. The third kappa shape index (κ3) is 3.98. The van der Waals surface area contributed by atoms with Crippen molar-refractivity contribution in [1.29, 1.82) is 0 Å². The van der Waals surface area contributed by atoms with Crippen LogP contribution in [0.25, 0.3) is 0 Å². The summed E-state index contributed by atoms with van der Waals surface area (Å²) >= 11 is 3.41. The number of sulfone groups is 1. The molecule has 0 aliphatic carbocycles. The van der Waals surface area contributed by atoms with Gasteiger partial charge in [-0.15, -0.1) is 0 Å². The smallest absolute Gasteiger partial charge is 0.238 e. The maximum atomic E-state index is 12.1. The Bertz CT molecular complexity index is 702. The van der Waals surface area contributed by atoms with Crippen LogP contribution in [0, 0.1) is 0 Å². The molecule has 0 spiro atoms. The predicted octanol–water partition coefficient (Wildman–Crippen LogP) is 2.05. The molecule has 0 unspecified atom stereocenters. The highest BCUT2D eigenvalue weighted by molar-refractivity contribution is 9.10. The number of hydrogen-bond donors (Lipinski definition) is 1. The SMILES string of the molecule is CC(C)S(=O)(=O)[C@@H](C)C(=O)NCc1cc(Br)c2c(c1)OCCO2. The number of benzene rings is 1. The summed E-state index contributed by atoms with van der Waals surface area (Å²) in [5, 5.41) is 0.987. The second kappa shape index (κ2) is 7.09. The fraction of sp³-hybridized carbons (Fsp3) is 0.533. The maximum Gasteiger partial charge on any atom is 0.238 e. The number of rotatable bonds is 5. The molecule has 128 valence electrons. The Morgan fingerprint density at radius 3 is 2.57 bits per heavy atom. The summed E-state index contributed by atoms with van der Waals surface area (Å²) in [4.78, 5) is 12.1. The second-order valence-corrected chi connectivity index (χ2v) is 9.28. The molecule has 6 nitrogen and oxygen atoms in total. The molecule has 1 amide bonds. The summed E-state index contributed by atoms with van der Waals surface area (Å²) in [7, 11) is -3.47. The van der Waals surface area contributed by atoms with Crippen LogP contribution in [0.15, 0.2) is 16.6 Å². The Kier molecular flexibility index (Phi) is 5.57. The quantitative estimate of drug-likeness (QED) is 0.810. The van der Waals surface area contributed by atoms with Gasteiger partial charge in [0.05, 0.1) is 9.72 Å². The van der Waals surface area contributed by atoms with Gasteiger partial charge in [0, 0.05) is 6.54 Å². The first kappa shape index (κ1) is 18.1. The lowest BCUT2D eigenvalue weighted by molar-refractivity contribution is -0.120. The zero-order valence-electron chi connectivity index (χ0n) is 13.3. The van der Waals surface area contributed by atoms with Gasteiger partial charge in [-0.2, -0.15) is 0 Å². The Hall–Kier alpha value is -1.28. The van der Waals surface area contributed by atoms with Crippen molar-refractivity contribution in [2.45, 2.75) is 37.8 Å². The molecular weight excluding hydrogens is 386 g/mol. The van der Waals surface area contributed by atoms with Crippen molar-refractivity contribution in [3.8, 4) is 11.5 Å². The number of hydrogen-bond acceptors (Lipinski definition) is 5. The van der Waals surface area contributed by atoms with Crippen LogP contribution in [0.5, 0.6) is 11.5 Å². The van der Waals surface area contributed by atoms with E-state index in [0.717, 1.165) is 10.0 Å². The predicted molar refractivity (Wildman–Crippen MR) is 90.5 cm³/mol. The lowest BCUT2D eigenvalue weighted by Gasteiger charge is -2.21. The van der Waals surface area contributed by atoms with Gasteiger partial charge < -0.3 is 14.8 Å². The normalized spacial score (nSPS) is 15.3. The van der Waals surface area contributed by atoms with Crippen LogP contribution in [0.1, 0.15) is 26.3 Å². The molecule has 0 radical (unpaired) electrons. The number of nitrogens with one attached hydrogen (secondary N) is 1. The van der Waals surface area contributed by atoms with E-state index in [0.29, 0.717) is 24.7 Å². The summed E-state index contributed by atoms with van der Waals surface area (Å²) in [6, 6.07) is 3.59. The number of halogens is 1. The molecule has 0 bridgehead atoms. The van der Waals surface area contributed by atoms with Crippen molar-refractivity contribution in [3.05, 3.63) is 22.2 Å². The van der Waals surface area contributed by atoms with E-state index in [1.807, 2.05) is 6.07 Å². The summed E-state index contributed by atoms with van der Waals surface area (Å²) in [6.07, 6.45) is 0. The van der Waals surface area contributed by atoms with Crippen LogP contribution in [0.2, 0.25) is 0 Å². The molecule has 1 aromatic rings. The van der Waals surface area contributed by atoms with Gasteiger partial charge in [-0.25, -0.2) is 8.42 Å². The van der Waals surface area contributed by atoms with E-state index in [2.05, 4.69) is 21.2 Å². The van der Waals surface area contributed by atoms with E-state index >= 15 is 0 Å². The molecule has 1 aromatic carbocycles. The average molecular weight is 406 g/mol. The van der Waals surface area contributed by atoms with Crippen molar-refractivity contribution >= 4 is 31.7 Å². The van der Waals surface area contributed by atoms with Crippen LogP contribution >= 0.6 is 15.9 Å². The van der Waals surface area contributed by atoms with Gasteiger partial charge in [-0.1, -0.05) is 0 Å². The number of carbonyl (C=O) groups is 1. The minimum Gasteiger partial charge on any atom is -0.486 e. The molecule has 1 aliphatic heterocycles. The van der Waals surface area contributed by atoms with Crippen molar-refractivity contribution in [3.63, 3.8) is 0 Å². The Morgan fingerprint density at radius 2 is 1.91 bits per heavy atom. The molecule has 23 heavy (non-hydrogen) atoms. The molecular formula is C15H20BrNO5S. The molecule has 0 saturated carbocycles. The van der Waals surface area contributed by atoms with E-state index in [4.69, 9.17) is 9.47 Å². The standard InChI is InChI=1S/C15H20BrNO5S/c1-9(2)23(19,20)10(3)15(18)17-8-11-6-12(16)14-13(7-11)21-4-5-22-14/h6-7,9-10H,4-5,8H2,1-3H3,(H,17,18)/t10-/m0/s1. The highest BCUT2D eigenvalue weighted by atomic mass is 79.9. The zero-order valence-corrected chi connectivity index (χ0v) is 15.7. The summed E-state index contributed by atoms with van der Waals surface area (Å²) in [5.74, 6) is 0.740. The Balaban J connectivity index is 2.06. The lowest BCUT2D eigenvalue weighted by atomic mass is 10.2. The summed E-state index contributed by atoms with van der Waals surface area (Å²) in [5.41, 5.74) is 0.795. The summed E-state index contributed by atoms with van der Waals surface area (Å²) < 4.78 is 35.8. The molecule has 1 N–H and O–H groups in total. The first-order chi connectivity index (χ1) is 10.7. The van der Waals surface area contributed by atoms with Gasteiger partial charge in [0.1, 0.15) is 18.5 Å². The second-order valence-electron chi connectivity index (χ2n) is 5.60. The minimum atomic E-state index is -3.47. The number of fused-ring (bicyclic) bond motifs is 1. The van der Waals surface area contributed by atoms with Crippen LogP contribution in [0.3, 0.4) is 0 Å². The highest BCUT2D eigenvalue weighted by Crippen LogP contribution is 2.38. The molecule has 0 fully saturated rings. The monoisotopic (exact) mass is 405 g/mol. The van der Waals surface area contributed by atoms with Crippen LogP contribution in [-0.2, 0) is 21.2 Å². The van der Waals surface area contributed by atoms with Gasteiger partial charge in [-0.3, -0.25) is 4.79 Å². The molecule has 1 aliphatic rings. The molecule has 1 atom stereocenters. The van der Waals surface area contributed by atoms with E-state index in [-0.39, 0.29) is 6.54 Å². The van der Waals surface area contributed by atoms with Gasteiger partial charge in [-0.05, 0) is 54.4 Å². The Labute approximate surface area is 144 Å². The Morgan fingerprint density at radius 1 is 1.26 bits per heavy atom. The topological polar surface area (TPSA) is 81.7 Å². The molecule has 1 heterocycles. The van der Waals surface area contributed by atoms with Crippen LogP contribution in [0.4, 0.5) is 0 Å². The van der Waals surface area contributed by atoms with Crippen molar-refractivity contribution in [2.24, 2.45) is 0 Å². The first-order valence-electron chi connectivity index (χ1n) is 7.32. The molecule has 0 saturated heterocycles. The van der Waals surface area contributed by atoms with Gasteiger partial charge >= 0.3 is 0 Å². The first-order valence-corrected chi connectivity index (χ1v) is 9.72. The van der Waals surface area contributed by atoms with E-state index in [9.17, 15) is 13.2 Å². The third-order valence-corrected chi connectivity index (χ3v) is 6.75. The van der Waals surface area contributed by atoms with E-state index in [1.165, 1.54) is 6.92 Å². The summed E-state index contributed by atoms with van der Waals surface area (Å²) in [6.45, 7) is 5.72. The number of amides is 1. The van der Waals surface area contributed by atoms with Gasteiger partial charge in [0.25, 0.3) is 0 Å². The maximum absolute atomic E-state index is 12.1. The van der Waals surface area contributed by atoms with Gasteiger partial charge in [0.2, 0.25) is 5.91 Å². The minimum absolute atomic E-state index is 0.214. The third-order valence-electron chi connectivity index (χ3n) is 3.64. The fourth-order valence-electron chi connectivity index (χ4n) is 2.16. The lowest BCUT2D eigenvalue weighted by Crippen LogP contribution is -2.40. The van der Waals surface area contributed by atoms with Crippen molar-refractivity contribution in [2.75, 3.05) is 13.2 Å². The van der Waals surface area contributed by atoms with Crippen LogP contribution < -0.4 is 14.8 Å². The largest absolute Gasteiger partial charge is 0.486 e. The van der Waals surface area contributed by atoms with Crippen molar-refractivity contribution in [1.82, 2.24) is 5.32 Å². The van der Waals surface area contributed by atoms with Gasteiger partial charge in [0.15, 0.2) is 21.3 Å². The van der Waals surface area contributed by atoms with E-state index in [1.54, 1.807) is 19.9 Å². The van der Waals surface area contributed by atoms with Crippen molar-refractivity contribution < 1.29 is 22.7 Å². The molecule has 2 rings (SSSR count). The van der Waals surface area contributed by atoms with E-state index < -0.39 is 26.2 Å². The zero-order chi connectivity index (χ0) is 17.2. The molecule has 8 heteroatoms. The number of ether oxygens (including phenoxy) is 2. The molecule has 0 aromatic heterocycles. The average Bonchev–Trinajstić information content (AvgIpc) is 2.51. The van der Waals surface area contributed by atoms with Crippen LogP contribution in [-0.4, -0.2) is 38.0 Å². The fourth-order valence-corrected chi connectivity index (χ4v) is 3.96. The highest BCUT2D eigenvalue weighted by Gasteiger charge is 2.30.